The van der Waals surface area contributed by atoms with Crippen LogP contribution < -0.4 is 20.1 Å². The van der Waals surface area contributed by atoms with E-state index in [9.17, 15) is 50.1 Å². The number of urea groups is 1. The van der Waals surface area contributed by atoms with Crippen LogP contribution in [-0.2, 0) is 75.8 Å². The third-order valence-electron chi connectivity index (χ3n) is 19.0. The fourth-order valence-electron chi connectivity index (χ4n) is 12.6. The minimum atomic E-state index is -4.82. The summed E-state index contributed by atoms with van der Waals surface area (Å²) in [7, 11) is -17.4. The van der Waals surface area contributed by atoms with Crippen molar-refractivity contribution in [1.29, 1.82) is 0 Å². The van der Waals surface area contributed by atoms with Gasteiger partial charge in [-0.05, 0) is 51.4 Å². The molecule has 0 rings (SSSR count). The normalized spacial score (nSPS) is 14.3. The Morgan fingerprint density at radius 2 is 0.575 bits per heavy atom. The zero-order valence-electron chi connectivity index (χ0n) is 68.0. The molecule has 0 spiro atoms. The topological polar surface area (TPSA) is 316 Å². The van der Waals surface area contributed by atoms with Gasteiger partial charge in [-0.3, -0.25) is 27.7 Å². The molecule has 23 nitrogen and oxygen atoms in total. The number of rotatable bonds is 84. The number of phosphoric ester groups is 2. The number of carbonyl (C=O) groups is 3. The Bertz CT molecular complexity index is 2200. The molecule has 2 unspecified atom stereocenters. The monoisotopic (exact) mass is 1600 g/mol. The maximum atomic E-state index is 13.4. The van der Waals surface area contributed by atoms with Crippen molar-refractivity contribution in [3.05, 3.63) is 0 Å². The second-order valence-corrected chi connectivity index (χ2v) is 36.2. The van der Waals surface area contributed by atoms with Crippen molar-refractivity contribution in [2.75, 3.05) is 77.5 Å². The first-order valence-electron chi connectivity index (χ1n) is 42.9. The Morgan fingerprint density at radius 1 is 0.321 bits per heavy atom. The lowest BCUT2D eigenvalue weighted by Crippen LogP contribution is -2.42. The van der Waals surface area contributed by atoms with Crippen LogP contribution in [0.5, 0.6) is 0 Å². The average Bonchev–Trinajstić information content (AvgIpc) is 0.879. The van der Waals surface area contributed by atoms with E-state index in [0.29, 0.717) is 51.4 Å². The highest BCUT2D eigenvalue weighted by molar-refractivity contribution is 7.89. The number of esters is 2. The second kappa shape index (κ2) is 73.4. The summed E-state index contributed by atoms with van der Waals surface area (Å²) < 4.78 is 130. The van der Waals surface area contributed by atoms with Gasteiger partial charge in [0.15, 0.2) is 0 Å². The summed E-state index contributed by atoms with van der Waals surface area (Å²) in [5, 5.41) is 4.88. The molecule has 27 heteroatoms. The molecule has 2 amide bonds. The van der Waals surface area contributed by atoms with Gasteiger partial charge in [-0.2, -0.15) is 0 Å². The number of hydrogen-bond donors (Lipinski definition) is 6. The van der Waals surface area contributed by atoms with Crippen molar-refractivity contribution in [2.45, 2.75) is 413 Å². The molecule has 632 valence electrons. The zero-order valence-corrected chi connectivity index (χ0v) is 71.4. The van der Waals surface area contributed by atoms with Crippen LogP contribution in [-0.4, -0.2) is 146 Å². The predicted molar refractivity (Wildman–Crippen MR) is 431 cm³/mol. The van der Waals surface area contributed by atoms with Gasteiger partial charge in [0, 0.05) is 38.8 Å². The van der Waals surface area contributed by atoms with E-state index < -0.39 is 80.2 Å². The highest BCUT2D eigenvalue weighted by Crippen LogP contribution is 2.44. The Morgan fingerprint density at radius 3 is 0.858 bits per heavy atom. The molecule has 0 radical (unpaired) electrons. The summed E-state index contributed by atoms with van der Waals surface area (Å²) in [5.41, 5.74) is 0. The van der Waals surface area contributed by atoms with Crippen molar-refractivity contribution < 1.29 is 87.2 Å². The minimum Gasteiger partial charge on any atom is -0.462 e. The lowest BCUT2D eigenvalue weighted by Gasteiger charge is -2.22. The number of unbranched alkanes of at least 4 members (excludes halogenated alkanes) is 42. The van der Waals surface area contributed by atoms with Crippen LogP contribution in [0, 0.1) is 0 Å². The molecule has 0 aromatic rings. The third kappa shape index (κ3) is 72.4. The fraction of sp³-hybridized carbons (Fsp3) is 0.962. The van der Waals surface area contributed by atoms with Crippen LogP contribution >= 0.6 is 15.6 Å². The molecule has 0 bridgehead atoms. The molecule has 106 heavy (non-hydrogen) atoms. The predicted octanol–water partition coefficient (Wildman–Crippen LogP) is 20.2. The molecule has 0 fully saturated rings. The van der Waals surface area contributed by atoms with E-state index in [1.807, 2.05) is 0 Å². The second-order valence-electron chi connectivity index (χ2n) is 29.5. The van der Waals surface area contributed by atoms with Gasteiger partial charge in [0.1, 0.15) is 12.2 Å². The van der Waals surface area contributed by atoms with Gasteiger partial charge in [-0.1, -0.05) is 311 Å². The van der Waals surface area contributed by atoms with Gasteiger partial charge in [-0.25, -0.2) is 40.2 Å². The van der Waals surface area contributed by atoms with Crippen LogP contribution in [0.15, 0.2) is 0 Å². The summed E-state index contributed by atoms with van der Waals surface area (Å²) in [4.78, 5) is 60.2. The molecule has 0 heterocycles. The first-order chi connectivity index (χ1) is 51.2. The van der Waals surface area contributed by atoms with Gasteiger partial charge in [0.2, 0.25) is 20.0 Å². The minimum absolute atomic E-state index is 0.132. The number of nitrogens with one attached hydrogen (secondary N) is 4. The maximum absolute atomic E-state index is 13.4. The Balaban J connectivity index is 5.68. The standard InChI is InChI=1S/C79H160N4O19P2S2/c1-7-13-19-25-29-33-37-41-47-53-67-105(91,92)82-73(69-95-63-59-75(55-49-43-23-17-11-5)101-77(84)57-51-45-39-35-31-27-21-15-9-3)71-99-103(87,88)97-65-61-80-79(86)81-62-66-98-104(89,90)100-72-74(83-106(93,94)68-54-48-42-38-34-30-26-20-14-8-2)70-96-64-60-76(56-50-44-24-18-12-6)102-78(85)58-52-46-40-36-32-28-22-16-10-4/h73-76,82-83H,7-72H2,1-6H3,(H,87,88)(H,89,90)(H2,80,81,86)/t73-,74-,75-,76-/m1/s1. The van der Waals surface area contributed by atoms with E-state index in [1.54, 1.807) is 0 Å². The van der Waals surface area contributed by atoms with E-state index in [4.69, 9.17) is 37.0 Å². The van der Waals surface area contributed by atoms with Gasteiger partial charge in [0.25, 0.3) is 0 Å². The molecular weight excluding hydrogens is 1430 g/mol. The van der Waals surface area contributed by atoms with Gasteiger partial charge in [-0.15, -0.1) is 0 Å². The summed E-state index contributed by atoms with van der Waals surface area (Å²) >= 11 is 0. The number of ether oxygens (including phenoxy) is 4. The van der Waals surface area contributed by atoms with Crippen LogP contribution in [0.1, 0.15) is 388 Å². The molecule has 0 aliphatic rings. The van der Waals surface area contributed by atoms with Crippen molar-refractivity contribution in [3.63, 3.8) is 0 Å². The average molecular weight is 1600 g/mol. The first kappa shape index (κ1) is 104. The van der Waals surface area contributed by atoms with Gasteiger partial charge in [0.05, 0.1) is 76.4 Å². The highest BCUT2D eigenvalue weighted by Gasteiger charge is 2.29. The molecule has 0 aromatic heterocycles. The summed E-state index contributed by atoms with van der Waals surface area (Å²) in [6, 6.07) is -2.95. The first-order valence-corrected chi connectivity index (χ1v) is 49.2. The molecule has 6 atom stereocenters. The smallest absolute Gasteiger partial charge is 0.462 e. The summed E-state index contributed by atoms with van der Waals surface area (Å²) in [6.07, 6.45) is 53.5. The number of carbonyl (C=O) groups excluding carboxylic acids is 3. The molecule has 6 N–H and O–H groups in total. The Hall–Kier alpha value is -1.83. The van der Waals surface area contributed by atoms with Crippen molar-refractivity contribution >= 4 is 53.7 Å². The lowest BCUT2D eigenvalue weighted by molar-refractivity contribution is -0.151. The lowest BCUT2D eigenvalue weighted by atomic mass is 10.1. The molecule has 0 aliphatic carbocycles. The van der Waals surface area contributed by atoms with Crippen LogP contribution in [0.25, 0.3) is 0 Å². The van der Waals surface area contributed by atoms with Crippen molar-refractivity contribution in [2.24, 2.45) is 0 Å². The molecule has 0 saturated carbocycles. The summed E-state index contributed by atoms with van der Waals surface area (Å²) in [6.45, 7) is 10.2. The van der Waals surface area contributed by atoms with E-state index in [-0.39, 0.29) is 75.2 Å². The van der Waals surface area contributed by atoms with E-state index in [0.717, 1.165) is 154 Å². The SMILES string of the molecule is CCCCCCCCCCCCS(=O)(=O)N[C@H](COCC[C@@H](CCCCCCC)OC(=O)CCCCCCCCCCC)COP(=O)(O)OCCNC(=O)NCCOP(=O)(O)OC[C@@H](COCC[C@@H](CCCCCCC)OC(=O)CCCCCCCCCCC)NS(=O)(=O)CCCCCCCCCCCC. The largest absolute Gasteiger partial charge is 0.472 e. The van der Waals surface area contributed by atoms with Crippen molar-refractivity contribution in [1.82, 2.24) is 20.1 Å². The van der Waals surface area contributed by atoms with Gasteiger partial charge >= 0.3 is 33.6 Å². The molecule has 0 aliphatic heterocycles. The quantitative estimate of drug-likeness (QED) is 0.0187. The fourth-order valence-corrected chi connectivity index (χ4v) is 16.8. The number of phosphoric acid groups is 2. The van der Waals surface area contributed by atoms with Crippen LogP contribution in [0.2, 0.25) is 0 Å². The molecule has 0 saturated heterocycles. The number of sulfonamides is 2. The third-order valence-corrected chi connectivity index (χ3v) is 24.0. The van der Waals surface area contributed by atoms with E-state index >= 15 is 0 Å². The summed E-state index contributed by atoms with van der Waals surface area (Å²) in [5.74, 6) is -0.778. The number of amides is 2. The Labute approximate surface area is 647 Å². The van der Waals surface area contributed by atoms with E-state index in [1.165, 1.54) is 141 Å². The highest BCUT2D eigenvalue weighted by atomic mass is 32.2. The van der Waals surface area contributed by atoms with E-state index in [2.05, 4.69) is 61.6 Å². The molecular formula is C79H160N4O19P2S2. The van der Waals surface area contributed by atoms with Gasteiger partial charge < -0.3 is 39.4 Å². The van der Waals surface area contributed by atoms with Crippen LogP contribution in [0.4, 0.5) is 4.79 Å². The van der Waals surface area contributed by atoms with Crippen LogP contribution in [0.3, 0.4) is 0 Å². The Kier molecular flexibility index (Phi) is 72.1. The number of hydrogen-bond acceptors (Lipinski definition) is 17. The maximum Gasteiger partial charge on any atom is 0.472 e. The van der Waals surface area contributed by atoms with Crippen molar-refractivity contribution in [3.8, 4) is 0 Å². The molecule has 0 aromatic carbocycles. The zero-order chi connectivity index (χ0) is 78.2.